The molecule has 117 heavy (non-hydrogen) atoms. The van der Waals surface area contributed by atoms with E-state index < -0.39 is 19.9 Å². The second kappa shape index (κ2) is 53.0. The number of rotatable bonds is 50. The summed E-state index contributed by atoms with van der Waals surface area (Å²) in [5.74, 6) is 3.89. The normalized spacial score (nSPS) is 11.0. The van der Waals surface area contributed by atoms with Gasteiger partial charge in [0.1, 0.15) is 77.8 Å². The number of aromatic nitrogens is 8. The molecule has 0 unspecified atom stereocenters. The summed E-state index contributed by atoms with van der Waals surface area (Å²) in [6, 6.07) is 24.5. The Morgan fingerprint density at radius 2 is 0.769 bits per heavy atom. The number of nitrogens with zero attached hydrogens (tertiary/aromatic N) is 8. The van der Waals surface area contributed by atoms with Crippen LogP contribution in [0, 0.1) is 27.7 Å². The molecule has 4 aromatic carbocycles. The second-order valence-electron chi connectivity index (χ2n) is 27.8. The fraction of sp³-hybridized carbons (Fsp3) is 0.494. The van der Waals surface area contributed by atoms with Crippen molar-refractivity contribution in [2.45, 2.75) is 189 Å². The Bertz CT molecular complexity index is 4380. The Morgan fingerprint density at radius 3 is 1.11 bits per heavy atom. The summed E-state index contributed by atoms with van der Waals surface area (Å²) in [6.45, 7) is 21.0. The molecular weight excluding hydrogens is 1520 g/mol. The van der Waals surface area contributed by atoms with Crippen LogP contribution in [0.3, 0.4) is 0 Å². The van der Waals surface area contributed by atoms with Gasteiger partial charge < -0.3 is 96.7 Å². The van der Waals surface area contributed by atoms with Gasteiger partial charge in [-0.15, -0.1) is 0 Å². The molecule has 0 aliphatic carbocycles. The summed E-state index contributed by atoms with van der Waals surface area (Å²) in [5, 5.41) is 13.6. The highest BCUT2D eigenvalue weighted by atomic mass is 31.2. The molecule has 32 heteroatoms. The maximum atomic E-state index is 12.9. The molecule has 8 aromatic rings. The van der Waals surface area contributed by atoms with E-state index in [2.05, 4.69) is 101 Å². The highest BCUT2D eigenvalue weighted by Crippen LogP contribution is 2.41. The van der Waals surface area contributed by atoms with E-state index in [1.165, 1.54) is 26.4 Å². The van der Waals surface area contributed by atoms with E-state index in [0.29, 0.717) is 92.3 Å². The molecule has 0 radical (unpaired) electrons. The first-order chi connectivity index (χ1) is 56.2. The van der Waals surface area contributed by atoms with Gasteiger partial charge in [0.15, 0.2) is 6.29 Å². The van der Waals surface area contributed by atoms with Crippen LogP contribution < -0.4 is 67.9 Å². The van der Waals surface area contributed by atoms with Crippen molar-refractivity contribution in [1.29, 1.82) is 0 Å². The van der Waals surface area contributed by atoms with Crippen LogP contribution in [0.2, 0.25) is 0 Å². The number of hydrogen-bond donors (Lipinski definition) is 10. The van der Waals surface area contributed by atoms with Crippen molar-refractivity contribution in [1.82, 2.24) is 39.9 Å². The molecule has 0 saturated carbocycles. The van der Waals surface area contributed by atoms with Gasteiger partial charge in [0.2, 0.25) is 23.8 Å². The van der Waals surface area contributed by atoms with Gasteiger partial charge in [0.25, 0.3) is 0 Å². The third kappa shape index (κ3) is 35.9. The van der Waals surface area contributed by atoms with Crippen LogP contribution in [-0.4, -0.2) is 162 Å². The Labute approximate surface area is 687 Å². The Hall–Kier alpha value is -10.5. The second-order valence-corrected chi connectivity index (χ2v) is 29.5. The minimum atomic E-state index is -4.14. The van der Waals surface area contributed by atoms with Gasteiger partial charge in [-0.1, -0.05) is 128 Å². The first-order valence-electron chi connectivity index (χ1n) is 40.0. The van der Waals surface area contributed by atoms with Crippen molar-refractivity contribution in [3.8, 4) is 28.7 Å². The molecule has 0 aliphatic heterocycles. The number of halogens is 2. The summed E-state index contributed by atoms with van der Waals surface area (Å²) in [4.78, 5) is 84.3. The topological polar surface area (TPSA) is 429 Å². The van der Waals surface area contributed by atoms with Gasteiger partial charge in [-0.05, 0) is 105 Å². The highest BCUT2D eigenvalue weighted by Gasteiger charge is 2.27. The molecule has 0 amide bonds. The van der Waals surface area contributed by atoms with E-state index in [4.69, 9.17) is 56.1 Å². The average molecular weight is 1650 g/mol. The number of anilines is 8. The van der Waals surface area contributed by atoms with E-state index in [1.54, 1.807) is 38.5 Å². The zero-order valence-electron chi connectivity index (χ0n) is 69.9. The standard InChI is InChI=1S/C24H34F2N4O4.C23H34N4O4.C19H29N4O4P.C19H26N4O/c1-4-5-6-10-28-22-20(17(2)29-23(27)30-22)14-18-7-8-19(15-21(18)32-3)34-13-12-33-11-9-24(25,26)16-31;1-4-5-6-10-25-22-20(17(2)26-23(24)27-22)15-18-8-9-19(16-21(18)29-3)31-14-13-30-12-7-11-28;1-4-5-6-9-21-18-16(13(2)22-19(20)23-18)11-15-8-7-14(10-17(15)27-3)12-28(24,25)26;1-3-4-5-11-21-18-17(14(2)22-19(20)23-18)13-16-8-6-15(7-9-16)10-12-24/h7-8,15-16H,4-6,9-14H2,1-3H3,(H3,27,28,29,30);8-9,11,16H,4-7,10,12-15H2,1-3H3,(H3,24,25,26,27);7-8,10H,4-6,9,11-12H2,1-3H3,(H2,24,25,26)(H3,20,21,22,23);6-9,12H,3-5,10-11,13H2,1-2H3,(H3,20,21,22,23). The van der Waals surface area contributed by atoms with Crippen molar-refractivity contribution < 1.29 is 70.7 Å². The monoisotopic (exact) mass is 1640 g/mol. The number of nitrogen functional groups attached to an aromatic ring is 4. The van der Waals surface area contributed by atoms with Gasteiger partial charge >= 0.3 is 13.5 Å². The molecule has 14 N–H and O–H groups in total. The number of alkyl halides is 2. The summed E-state index contributed by atoms with van der Waals surface area (Å²) in [6.07, 6.45) is 17.2. The van der Waals surface area contributed by atoms with E-state index >= 15 is 0 Å². The van der Waals surface area contributed by atoms with Crippen molar-refractivity contribution in [2.75, 3.05) is 131 Å². The number of methoxy groups -OCH3 is 3. The molecule has 0 fully saturated rings. The van der Waals surface area contributed by atoms with Crippen LogP contribution in [0.25, 0.3) is 0 Å². The minimum Gasteiger partial charge on any atom is -0.496 e. The average Bonchev–Trinajstić information content (AvgIpc) is 0.832. The lowest BCUT2D eigenvalue weighted by Gasteiger charge is -2.16. The summed E-state index contributed by atoms with van der Waals surface area (Å²) < 4.78 is 75.4. The van der Waals surface area contributed by atoms with E-state index in [1.807, 2.05) is 70.2 Å². The third-order valence-electron chi connectivity index (χ3n) is 18.4. The van der Waals surface area contributed by atoms with Crippen molar-refractivity contribution >= 4 is 73.5 Å². The van der Waals surface area contributed by atoms with Gasteiger partial charge in [0, 0.05) is 128 Å². The lowest BCUT2D eigenvalue weighted by molar-refractivity contribution is -0.131. The minimum absolute atomic E-state index is 0.119. The highest BCUT2D eigenvalue weighted by molar-refractivity contribution is 7.50. The zero-order chi connectivity index (χ0) is 85.6. The van der Waals surface area contributed by atoms with Crippen LogP contribution in [0.5, 0.6) is 28.7 Å². The van der Waals surface area contributed by atoms with Crippen molar-refractivity contribution in [3.05, 3.63) is 157 Å². The molecule has 0 atom stereocenters. The van der Waals surface area contributed by atoms with Gasteiger partial charge in [0.05, 0.1) is 53.9 Å². The number of carbonyl (C=O) groups is 3. The Balaban J connectivity index is 0.000000280. The molecule has 640 valence electrons. The maximum Gasteiger partial charge on any atom is 0.329 e. The maximum absolute atomic E-state index is 12.9. The molecule has 0 spiro atoms. The van der Waals surface area contributed by atoms with E-state index in [9.17, 15) is 37.5 Å². The molecule has 0 aliphatic rings. The summed E-state index contributed by atoms with van der Waals surface area (Å²) in [7, 11) is 0.618. The molecule has 8 rings (SSSR count). The van der Waals surface area contributed by atoms with Crippen molar-refractivity contribution in [2.24, 2.45) is 0 Å². The quantitative estimate of drug-likeness (QED) is 0.00961. The number of aryl methyl sites for hydroxylation is 4. The Morgan fingerprint density at radius 1 is 0.427 bits per heavy atom. The van der Waals surface area contributed by atoms with Crippen molar-refractivity contribution in [3.63, 3.8) is 0 Å². The lowest BCUT2D eigenvalue weighted by atomic mass is 10.0. The number of carbonyl (C=O) groups excluding carboxylic acids is 3. The molecule has 0 saturated heterocycles. The van der Waals surface area contributed by atoms with Crippen LogP contribution in [0.4, 0.5) is 55.8 Å². The van der Waals surface area contributed by atoms with Gasteiger partial charge in [-0.2, -0.15) is 28.7 Å². The number of unbranched alkanes of at least 4 members (excludes halogenated alkanes) is 8. The number of nitrogens with two attached hydrogens (primary N) is 4. The number of hydrogen-bond acceptors (Lipinski definition) is 27. The van der Waals surface area contributed by atoms with Crippen LogP contribution in [-0.2, 0) is 66.7 Å². The lowest BCUT2D eigenvalue weighted by Crippen LogP contribution is -2.21. The Kier molecular flexibility index (Phi) is 44.0. The summed E-state index contributed by atoms with van der Waals surface area (Å²) >= 11 is 0. The SMILES string of the molecule is CCCCCNc1nc(N)nc(C)c1Cc1ccc(CC=O)cc1.CCCCCNc1nc(N)nc(C)c1Cc1ccc(CP(=O)(O)O)cc1OC.CCCCCNc1nc(N)nc(C)c1Cc1ccc(OCCOCCC(F)(F)C=O)cc1OC.CCCCCNc1nc(N)nc(C)c1Cc1ccc(OCCOCCC=O)cc1OC. The molecule has 4 heterocycles. The summed E-state index contributed by atoms with van der Waals surface area (Å²) in [5.41, 5.74) is 36.2. The zero-order valence-corrected chi connectivity index (χ0v) is 70.8. The molecule has 0 bridgehead atoms. The van der Waals surface area contributed by atoms with Crippen LogP contribution >= 0.6 is 7.60 Å². The van der Waals surface area contributed by atoms with Gasteiger partial charge in [-0.3, -0.25) is 9.36 Å². The fourth-order valence-electron chi connectivity index (χ4n) is 12.1. The third-order valence-corrected chi connectivity index (χ3v) is 19.2. The predicted octanol–water partition coefficient (Wildman–Crippen LogP) is 14.3. The van der Waals surface area contributed by atoms with E-state index in [0.717, 1.165) is 199 Å². The number of nitrogens with one attached hydrogen (secondary N) is 4. The van der Waals surface area contributed by atoms with Crippen LogP contribution in [0.15, 0.2) is 78.9 Å². The van der Waals surface area contributed by atoms with Crippen LogP contribution in [0.1, 0.15) is 196 Å². The first kappa shape index (κ1) is 97.1. The number of aldehydes is 3. The molecular formula is C85H123F2N16O13P. The van der Waals surface area contributed by atoms with E-state index in [-0.39, 0.29) is 50.1 Å². The predicted molar refractivity (Wildman–Crippen MR) is 458 cm³/mol. The first-order valence-corrected chi connectivity index (χ1v) is 41.8. The smallest absolute Gasteiger partial charge is 0.329 e. The number of benzene rings is 4. The largest absolute Gasteiger partial charge is 0.496 e. The molecule has 29 nitrogen and oxygen atoms in total. The number of ether oxygens (including phenoxy) is 7. The fourth-order valence-corrected chi connectivity index (χ4v) is 12.8. The molecule has 4 aromatic heterocycles. The van der Waals surface area contributed by atoms with Gasteiger partial charge in [-0.25, -0.2) is 19.9 Å².